The zero-order chi connectivity index (χ0) is 18.5. The third-order valence-electron chi connectivity index (χ3n) is 5.59. The molecule has 2 fully saturated rings. The highest BCUT2D eigenvalue weighted by Crippen LogP contribution is 2.47. The summed E-state index contributed by atoms with van der Waals surface area (Å²) >= 11 is 0. The largest absolute Gasteiger partial charge is 0.477 e. The molecule has 0 aromatic carbocycles. The molecule has 8 nitrogen and oxygen atoms in total. The number of carbonyl (C=O) groups is 3. The maximum absolute atomic E-state index is 12.3. The summed E-state index contributed by atoms with van der Waals surface area (Å²) in [4.78, 5) is 38.7. The van der Waals surface area contributed by atoms with Gasteiger partial charge in [-0.05, 0) is 18.9 Å². The van der Waals surface area contributed by atoms with Crippen LogP contribution < -0.4 is 5.32 Å². The average Bonchev–Trinajstić information content (AvgIpc) is 3.01. The molecule has 0 saturated carbocycles. The number of aliphatic hydroxyl groups excluding tert-OH is 1. The molecule has 3 heterocycles. The number of amides is 2. The minimum Gasteiger partial charge on any atom is -0.477 e. The molecule has 0 spiro atoms. The minimum absolute atomic E-state index is 0.0685. The van der Waals surface area contributed by atoms with E-state index in [1.807, 2.05) is 6.92 Å². The van der Waals surface area contributed by atoms with Crippen LogP contribution >= 0.6 is 0 Å². The zero-order valence-electron chi connectivity index (χ0n) is 14.7. The van der Waals surface area contributed by atoms with E-state index >= 15 is 0 Å². The van der Waals surface area contributed by atoms with Crippen molar-refractivity contribution in [2.75, 3.05) is 19.6 Å². The number of fused-ring (bicyclic) bond motifs is 1. The molecule has 0 aromatic heterocycles. The van der Waals surface area contributed by atoms with Crippen LogP contribution in [0.25, 0.3) is 0 Å². The Morgan fingerprint density at radius 3 is 2.64 bits per heavy atom. The van der Waals surface area contributed by atoms with E-state index in [-0.39, 0.29) is 35.5 Å². The van der Waals surface area contributed by atoms with Crippen molar-refractivity contribution < 1.29 is 24.6 Å². The van der Waals surface area contributed by atoms with Crippen LogP contribution in [0, 0.1) is 11.8 Å². The van der Waals surface area contributed by atoms with Gasteiger partial charge in [-0.25, -0.2) is 4.79 Å². The molecular formula is C17H25N3O5. The number of nitrogens with zero attached hydrogens (tertiary/aromatic N) is 2. The molecule has 3 N–H and O–H groups in total. The van der Waals surface area contributed by atoms with Crippen LogP contribution in [-0.4, -0.2) is 75.6 Å². The Hall–Kier alpha value is -1.93. The van der Waals surface area contributed by atoms with Gasteiger partial charge in [0.25, 0.3) is 0 Å². The van der Waals surface area contributed by atoms with Gasteiger partial charge in [-0.2, -0.15) is 0 Å². The molecule has 25 heavy (non-hydrogen) atoms. The number of hydrogen-bond donors (Lipinski definition) is 3. The molecule has 5 atom stereocenters. The van der Waals surface area contributed by atoms with Crippen molar-refractivity contribution in [3.8, 4) is 0 Å². The number of aliphatic carboxylic acids is 1. The average molecular weight is 351 g/mol. The second-order valence-electron chi connectivity index (χ2n) is 7.35. The Morgan fingerprint density at radius 2 is 2.08 bits per heavy atom. The fraction of sp³-hybridized carbons (Fsp3) is 0.706. The van der Waals surface area contributed by atoms with Gasteiger partial charge in [-0.3, -0.25) is 14.5 Å². The van der Waals surface area contributed by atoms with Gasteiger partial charge in [-0.1, -0.05) is 6.92 Å². The SMILES string of the molecule is CC(=O)N[C@H]1CCN(CC2=C(C(=O)O)N3C(=O)C([C@@H](C)O)[C@H]3[C@H]2C)C1. The maximum atomic E-state index is 12.3. The molecule has 3 aliphatic heterocycles. The lowest BCUT2D eigenvalue weighted by Crippen LogP contribution is -2.63. The van der Waals surface area contributed by atoms with Gasteiger partial charge in [-0.15, -0.1) is 0 Å². The Bertz CT molecular complexity index is 644. The highest BCUT2D eigenvalue weighted by Gasteiger charge is 2.59. The van der Waals surface area contributed by atoms with Gasteiger partial charge in [0.05, 0.1) is 18.1 Å². The first-order chi connectivity index (χ1) is 11.7. The summed E-state index contributed by atoms with van der Waals surface area (Å²) in [5.41, 5.74) is 0.805. The molecule has 8 heteroatoms. The van der Waals surface area contributed by atoms with Crippen molar-refractivity contribution in [1.29, 1.82) is 0 Å². The van der Waals surface area contributed by atoms with Crippen molar-refractivity contribution in [2.45, 2.75) is 45.4 Å². The number of carbonyl (C=O) groups excluding carboxylic acids is 2. The van der Waals surface area contributed by atoms with Crippen LogP contribution in [0.15, 0.2) is 11.3 Å². The highest BCUT2D eigenvalue weighted by atomic mass is 16.4. The third kappa shape index (κ3) is 2.93. The second kappa shape index (κ2) is 6.42. The standard InChI is InChI=1S/C17H25N3O5/c1-8-12(7-19-5-4-11(6-19)18-10(3)22)15(17(24)25)20-14(8)13(9(2)21)16(20)23/h8-9,11,13-14,21H,4-7H2,1-3H3,(H,18,22)(H,24,25)/t8-,9+,11-,13?,14+/m0/s1. The van der Waals surface area contributed by atoms with E-state index in [9.17, 15) is 24.6 Å². The van der Waals surface area contributed by atoms with E-state index in [0.717, 1.165) is 18.5 Å². The van der Waals surface area contributed by atoms with Crippen molar-refractivity contribution in [1.82, 2.24) is 15.1 Å². The van der Waals surface area contributed by atoms with Gasteiger partial charge < -0.3 is 20.4 Å². The van der Waals surface area contributed by atoms with Gasteiger partial charge in [0, 0.05) is 38.5 Å². The number of carboxylic acid groups (broad SMARTS) is 1. The van der Waals surface area contributed by atoms with Crippen molar-refractivity contribution >= 4 is 17.8 Å². The van der Waals surface area contributed by atoms with Gasteiger partial charge in [0.15, 0.2) is 0 Å². The van der Waals surface area contributed by atoms with Crippen LogP contribution in [-0.2, 0) is 14.4 Å². The summed E-state index contributed by atoms with van der Waals surface area (Å²) in [5, 5.41) is 22.4. The smallest absolute Gasteiger partial charge is 0.352 e. The van der Waals surface area contributed by atoms with Crippen LogP contribution in [0.5, 0.6) is 0 Å². The van der Waals surface area contributed by atoms with E-state index in [1.165, 1.54) is 11.8 Å². The molecule has 2 amide bonds. The maximum Gasteiger partial charge on any atom is 0.352 e. The fourth-order valence-electron chi connectivity index (χ4n) is 4.48. The number of likely N-dealkylation sites (tertiary alicyclic amines) is 1. The lowest BCUT2D eigenvalue weighted by atomic mass is 9.77. The summed E-state index contributed by atoms with van der Waals surface area (Å²) in [6.07, 6.45) is 0.0352. The molecule has 3 rings (SSSR count). The minimum atomic E-state index is -1.10. The van der Waals surface area contributed by atoms with E-state index in [0.29, 0.717) is 13.1 Å². The molecule has 3 aliphatic rings. The van der Waals surface area contributed by atoms with Crippen LogP contribution in [0.1, 0.15) is 27.2 Å². The van der Waals surface area contributed by atoms with E-state index in [1.54, 1.807) is 6.92 Å². The molecule has 2 saturated heterocycles. The molecule has 0 aromatic rings. The van der Waals surface area contributed by atoms with E-state index in [2.05, 4.69) is 10.2 Å². The summed E-state index contributed by atoms with van der Waals surface area (Å²) in [6, 6.07) is -0.200. The van der Waals surface area contributed by atoms with E-state index < -0.39 is 18.0 Å². The van der Waals surface area contributed by atoms with Crippen molar-refractivity contribution in [3.05, 3.63) is 11.3 Å². The number of aliphatic hydroxyl groups is 1. The number of carboxylic acids is 1. The number of hydrogen-bond acceptors (Lipinski definition) is 5. The summed E-state index contributed by atoms with van der Waals surface area (Å²) in [6.45, 7) is 6.88. The Morgan fingerprint density at radius 1 is 1.40 bits per heavy atom. The van der Waals surface area contributed by atoms with Crippen molar-refractivity contribution in [2.24, 2.45) is 11.8 Å². The molecule has 1 unspecified atom stereocenters. The molecule has 0 bridgehead atoms. The summed E-state index contributed by atoms with van der Waals surface area (Å²) in [7, 11) is 0. The zero-order valence-corrected chi connectivity index (χ0v) is 14.7. The van der Waals surface area contributed by atoms with Crippen LogP contribution in [0.2, 0.25) is 0 Å². The predicted molar refractivity (Wildman–Crippen MR) is 88.3 cm³/mol. The monoisotopic (exact) mass is 351 g/mol. The summed E-state index contributed by atoms with van der Waals surface area (Å²) < 4.78 is 0. The Balaban J connectivity index is 1.77. The van der Waals surface area contributed by atoms with Gasteiger partial charge in [0.1, 0.15) is 5.70 Å². The highest BCUT2D eigenvalue weighted by molar-refractivity contribution is 6.00. The van der Waals surface area contributed by atoms with Crippen molar-refractivity contribution in [3.63, 3.8) is 0 Å². The lowest BCUT2D eigenvalue weighted by Gasteiger charge is -2.46. The normalized spacial score (nSPS) is 33.3. The predicted octanol–water partition coefficient (Wildman–Crippen LogP) is -0.607. The fourth-order valence-corrected chi connectivity index (χ4v) is 4.48. The first kappa shape index (κ1) is 17.9. The lowest BCUT2D eigenvalue weighted by molar-refractivity contribution is -0.163. The third-order valence-corrected chi connectivity index (χ3v) is 5.59. The molecule has 0 aliphatic carbocycles. The van der Waals surface area contributed by atoms with Crippen LogP contribution in [0.3, 0.4) is 0 Å². The van der Waals surface area contributed by atoms with Gasteiger partial charge in [0.2, 0.25) is 11.8 Å². The number of β-lactam (4-membered cyclic amide) rings is 1. The second-order valence-corrected chi connectivity index (χ2v) is 7.35. The van der Waals surface area contributed by atoms with E-state index in [4.69, 9.17) is 0 Å². The van der Waals surface area contributed by atoms with Gasteiger partial charge >= 0.3 is 5.97 Å². The molecule has 0 radical (unpaired) electrons. The number of nitrogens with one attached hydrogen (secondary N) is 1. The topological polar surface area (TPSA) is 110 Å². The molecule has 138 valence electrons. The quantitative estimate of drug-likeness (QED) is 0.570. The Labute approximate surface area is 146 Å². The first-order valence-corrected chi connectivity index (χ1v) is 8.69. The summed E-state index contributed by atoms with van der Waals surface area (Å²) in [5.74, 6) is -2.12. The van der Waals surface area contributed by atoms with Crippen LogP contribution in [0.4, 0.5) is 0 Å². The Kier molecular flexibility index (Phi) is 4.59. The molecular weight excluding hydrogens is 326 g/mol. The number of rotatable bonds is 5. The first-order valence-electron chi connectivity index (χ1n) is 8.69.